The molecule has 1 saturated heterocycles. The van der Waals surface area contributed by atoms with Crippen molar-refractivity contribution in [3.8, 4) is 0 Å². The van der Waals surface area contributed by atoms with Gasteiger partial charge in [0.05, 0.1) is 5.75 Å². The number of ether oxygens (including phenoxy) is 2. The van der Waals surface area contributed by atoms with Crippen molar-refractivity contribution in [2.24, 2.45) is 0 Å². The number of thioether (sulfide) groups is 1. The van der Waals surface area contributed by atoms with Gasteiger partial charge in [-0.05, 0) is 23.1 Å². The molecule has 2 atom stereocenters. The van der Waals surface area contributed by atoms with Crippen LogP contribution in [0, 0.1) is 0 Å². The van der Waals surface area contributed by atoms with Gasteiger partial charge in [-0.1, -0.05) is 91.0 Å². The van der Waals surface area contributed by atoms with E-state index in [-0.39, 0.29) is 49.0 Å². The lowest BCUT2D eigenvalue weighted by atomic mass is 10.0. The minimum atomic E-state index is -0.859. The first kappa shape index (κ1) is 28.9. The predicted molar refractivity (Wildman–Crippen MR) is 156 cm³/mol. The Kier molecular flexibility index (Phi) is 9.23. The molecule has 0 aliphatic carbocycles. The summed E-state index contributed by atoms with van der Waals surface area (Å²) in [5.74, 6) is -2.32. The number of rotatable bonds is 11. The molecule has 9 nitrogen and oxygen atoms in total. The topological polar surface area (TPSA) is 122 Å². The number of aliphatic hydroxyl groups excluding tert-OH is 1. The van der Waals surface area contributed by atoms with Crippen molar-refractivity contribution in [3.63, 3.8) is 0 Å². The standard InChI is InChI=1S/C32H30N2O7S/c35-24-20-42-31-27(33-25(36)17-10-18-26(37)40-19-21-11-4-1-5-12-21)30(38)34(31)28(24)32(39)41-29(22-13-6-2-7-14-22)23-15-8-3-9-16-23/h1-9,11-16,27,29,31,35H,10,17-20H2,(H,33,36). The lowest BCUT2D eigenvalue weighted by molar-refractivity contribution is -0.155. The van der Waals surface area contributed by atoms with E-state index < -0.39 is 35.4 Å². The van der Waals surface area contributed by atoms with E-state index in [9.17, 15) is 24.3 Å². The van der Waals surface area contributed by atoms with E-state index in [1.165, 1.54) is 16.7 Å². The van der Waals surface area contributed by atoms with Gasteiger partial charge in [0.25, 0.3) is 5.91 Å². The van der Waals surface area contributed by atoms with Gasteiger partial charge < -0.3 is 19.9 Å². The molecule has 2 aliphatic rings. The molecular formula is C32H30N2O7S. The third kappa shape index (κ3) is 6.66. The summed E-state index contributed by atoms with van der Waals surface area (Å²) in [6.07, 6.45) is -0.382. The van der Waals surface area contributed by atoms with E-state index in [1.807, 2.05) is 91.0 Å². The number of benzene rings is 3. The summed E-state index contributed by atoms with van der Waals surface area (Å²) in [5, 5.41) is 12.8. The van der Waals surface area contributed by atoms with Crippen LogP contribution in [0.15, 0.2) is 102 Å². The number of fused-ring (bicyclic) bond motifs is 1. The number of amides is 2. The number of nitrogens with one attached hydrogen (secondary N) is 1. The highest BCUT2D eigenvalue weighted by Gasteiger charge is 2.55. The summed E-state index contributed by atoms with van der Waals surface area (Å²) in [7, 11) is 0. The van der Waals surface area contributed by atoms with Crippen molar-refractivity contribution in [2.75, 3.05) is 5.75 Å². The molecule has 5 rings (SSSR count). The summed E-state index contributed by atoms with van der Waals surface area (Å²) in [4.78, 5) is 52.3. The molecule has 2 aliphatic heterocycles. The second-order valence-electron chi connectivity index (χ2n) is 9.86. The van der Waals surface area contributed by atoms with E-state index >= 15 is 0 Å². The molecule has 42 heavy (non-hydrogen) atoms. The quantitative estimate of drug-likeness (QED) is 0.251. The third-order valence-corrected chi connectivity index (χ3v) is 8.18. The van der Waals surface area contributed by atoms with Gasteiger partial charge in [0.1, 0.15) is 23.8 Å². The molecule has 0 spiro atoms. The Morgan fingerprint density at radius 2 is 1.50 bits per heavy atom. The van der Waals surface area contributed by atoms with Gasteiger partial charge in [-0.3, -0.25) is 19.3 Å². The SMILES string of the molecule is O=C(CCCC(=O)OCc1ccccc1)NC1C(=O)N2C(C(=O)OC(c3ccccc3)c3ccccc3)=C(O)CSC12. The number of aliphatic hydroxyl groups is 1. The summed E-state index contributed by atoms with van der Waals surface area (Å²) in [6.45, 7) is 0.166. The van der Waals surface area contributed by atoms with Crippen molar-refractivity contribution >= 4 is 35.5 Å². The molecule has 2 unspecified atom stereocenters. The Hall–Kier alpha value is -4.57. The first-order valence-corrected chi connectivity index (χ1v) is 14.6. The Morgan fingerprint density at radius 3 is 2.12 bits per heavy atom. The Labute approximate surface area is 247 Å². The van der Waals surface area contributed by atoms with Crippen LogP contribution in [0.1, 0.15) is 42.1 Å². The van der Waals surface area contributed by atoms with E-state index in [0.29, 0.717) is 0 Å². The average Bonchev–Trinajstić information content (AvgIpc) is 3.02. The molecule has 1 fully saturated rings. The van der Waals surface area contributed by atoms with Gasteiger partial charge in [0, 0.05) is 12.8 Å². The Balaban J connectivity index is 1.16. The molecule has 3 aromatic rings. The van der Waals surface area contributed by atoms with Crippen LogP contribution >= 0.6 is 11.8 Å². The highest BCUT2D eigenvalue weighted by Crippen LogP contribution is 2.41. The number of hydrogen-bond donors (Lipinski definition) is 2. The maximum Gasteiger partial charge on any atom is 0.359 e. The van der Waals surface area contributed by atoms with Crippen LogP contribution in [-0.4, -0.2) is 50.9 Å². The zero-order valence-electron chi connectivity index (χ0n) is 22.7. The zero-order valence-corrected chi connectivity index (χ0v) is 23.5. The average molecular weight is 587 g/mol. The van der Waals surface area contributed by atoms with E-state index in [1.54, 1.807) is 0 Å². The predicted octanol–water partition coefficient (Wildman–Crippen LogP) is 4.40. The van der Waals surface area contributed by atoms with Crippen LogP contribution in [-0.2, 0) is 35.3 Å². The van der Waals surface area contributed by atoms with Crippen LogP contribution in [0.5, 0.6) is 0 Å². The maximum atomic E-state index is 13.4. The number of nitrogens with zero attached hydrogens (tertiary/aromatic N) is 1. The van der Waals surface area contributed by atoms with Crippen molar-refractivity contribution in [2.45, 2.75) is 43.4 Å². The van der Waals surface area contributed by atoms with Crippen LogP contribution in [0.4, 0.5) is 0 Å². The van der Waals surface area contributed by atoms with Crippen molar-refractivity contribution in [3.05, 3.63) is 119 Å². The highest BCUT2D eigenvalue weighted by molar-refractivity contribution is 8.00. The third-order valence-electron chi connectivity index (χ3n) is 6.91. The number of carbonyl (C=O) groups excluding carboxylic acids is 4. The molecule has 10 heteroatoms. The molecular weight excluding hydrogens is 556 g/mol. The molecule has 3 aromatic carbocycles. The largest absolute Gasteiger partial charge is 0.509 e. The van der Waals surface area contributed by atoms with E-state index in [4.69, 9.17) is 9.47 Å². The highest BCUT2D eigenvalue weighted by atomic mass is 32.2. The monoisotopic (exact) mass is 586 g/mol. The summed E-state index contributed by atoms with van der Waals surface area (Å²) >= 11 is 1.24. The van der Waals surface area contributed by atoms with Crippen molar-refractivity contribution in [1.29, 1.82) is 0 Å². The number of esters is 2. The van der Waals surface area contributed by atoms with Crippen LogP contribution < -0.4 is 5.32 Å². The molecule has 0 aromatic heterocycles. The second-order valence-corrected chi connectivity index (χ2v) is 11.0. The van der Waals surface area contributed by atoms with Crippen LogP contribution in [0.3, 0.4) is 0 Å². The van der Waals surface area contributed by atoms with E-state index in [0.717, 1.165) is 16.7 Å². The molecule has 2 heterocycles. The second kappa shape index (κ2) is 13.4. The molecule has 2 amide bonds. The van der Waals surface area contributed by atoms with Gasteiger partial charge in [0.15, 0.2) is 11.8 Å². The van der Waals surface area contributed by atoms with Crippen molar-refractivity contribution < 1.29 is 33.8 Å². The van der Waals surface area contributed by atoms with Gasteiger partial charge in [-0.15, -0.1) is 11.8 Å². The minimum Gasteiger partial charge on any atom is -0.509 e. The van der Waals surface area contributed by atoms with Gasteiger partial charge in [0.2, 0.25) is 5.91 Å². The fraction of sp³-hybridized carbons (Fsp3) is 0.250. The summed E-state index contributed by atoms with van der Waals surface area (Å²) < 4.78 is 11.1. The first-order valence-electron chi connectivity index (χ1n) is 13.6. The summed E-state index contributed by atoms with van der Waals surface area (Å²) in [6, 6.07) is 26.8. The molecule has 0 saturated carbocycles. The lowest BCUT2D eigenvalue weighted by Crippen LogP contribution is -2.70. The fourth-order valence-corrected chi connectivity index (χ4v) is 5.99. The number of hydrogen-bond acceptors (Lipinski definition) is 8. The first-order chi connectivity index (χ1) is 20.4. The Bertz CT molecular complexity index is 1420. The smallest absolute Gasteiger partial charge is 0.359 e. The maximum absolute atomic E-state index is 13.4. The fourth-order valence-electron chi connectivity index (χ4n) is 4.79. The van der Waals surface area contributed by atoms with Crippen molar-refractivity contribution in [1.82, 2.24) is 10.2 Å². The van der Waals surface area contributed by atoms with Gasteiger partial charge >= 0.3 is 11.9 Å². The molecule has 216 valence electrons. The summed E-state index contributed by atoms with van der Waals surface area (Å²) in [5.41, 5.74) is 2.14. The molecule has 2 N–H and O–H groups in total. The minimum absolute atomic E-state index is 0.0351. The number of β-lactam (4-membered cyclic amide) rings is 1. The van der Waals surface area contributed by atoms with Crippen LogP contribution in [0.2, 0.25) is 0 Å². The number of carbonyl (C=O) groups is 4. The van der Waals surface area contributed by atoms with Crippen LogP contribution in [0.25, 0.3) is 0 Å². The lowest BCUT2D eigenvalue weighted by Gasteiger charge is -2.48. The van der Waals surface area contributed by atoms with Gasteiger partial charge in [-0.25, -0.2) is 4.79 Å². The Morgan fingerprint density at radius 1 is 0.905 bits per heavy atom. The molecule has 0 bridgehead atoms. The normalized spacial score (nSPS) is 17.7. The zero-order chi connectivity index (χ0) is 29.5. The van der Waals surface area contributed by atoms with Gasteiger partial charge in [-0.2, -0.15) is 0 Å². The molecule has 0 radical (unpaired) electrons. The van der Waals surface area contributed by atoms with E-state index in [2.05, 4.69) is 5.32 Å².